The van der Waals surface area contributed by atoms with E-state index in [1.165, 1.54) is 5.56 Å². The fourth-order valence-corrected chi connectivity index (χ4v) is 3.60. The zero-order chi connectivity index (χ0) is 19.9. The number of hydrogen-bond acceptors (Lipinski definition) is 1. The third-order valence-corrected chi connectivity index (χ3v) is 4.88. The van der Waals surface area contributed by atoms with E-state index in [1.54, 1.807) is 0 Å². The molecule has 3 aromatic carbocycles. The predicted molar refractivity (Wildman–Crippen MR) is 115 cm³/mol. The van der Waals surface area contributed by atoms with E-state index in [0.717, 1.165) is 28.7 Å². The van der Waals surface area contributed by atoms with E-state index in [4.69, 9.17) is 0 Å². The second-order valence-electron chi connectivity index (χ2n) is 6.99. The Hall–Kier alpha value is -3.33. The standard InChI is InChI=1S/C25H25NO2/c1-18-11-9-10-16-22(18)23(19(2)17-20-12-5-3-6-13-20)24(26-25(27)28)21-14-7-4-8-15-21/h3-16,19,26H,17H2,1-2H3,(H,27,28)/b24-23+. The molecular weight excluding hydrogens is 346 g/mol. The van der Waals surface area contributed by atoms with E-state index in [0.29, 0.717) is 5.70 Å². The summed E-state index contributed by atoms with van der Waals surface area (Å²) in [4.78, 5) is 11.6. The number of carboxylic acid groups (broad SMARTS) is 1. The van der Waals surface area contributed by atoms with Crippen LogP contribution in [0.25, 0.3) is 11.3 Å². The first kappa shape index (κ1) is 19.4. The number of hydrogen-bond donors (Lipinski definition) is 2. The normalized spacial score (nSPS) is 12.8. The summed E-state index contributed by atoms with van der Waals surface area (Å²) >= 11 is 0. The van der Waals surface area contributed by atoms with Gasteiger partial charge in [-0.25, -0.2) is 4.79 Å². The number of allylic oxidation sites excluding steroid dienone is 1. The monoisotopic (exact) mass is 371 g/mol. The molecule has 3 nitrogen and oxygen atoms in total. The first-order chi connectivity index (χ1) is 13.6. The molecule has 3 heteroatoms. The molecule has 28 heavy (non-hydrogen) atoms. The molecule has 0 radical (unpaired) electrons. The van der Waals surface area contributed by atoms with Gasteiger partial charge in [-0.15, -0.1) is 0 Å². The van der Waals surface area contributed by atoms with E-state index in [2.05, 4.69) is 43.4 Å². The van der Waals surface area contributed by atoms with Gasteiger partial charge in [-0.05, 0) is 47.1 Å². The quantitative estimate of drug-likeness (QED) is 0.521. The average molecular weight is 371 g/mol. The zero-order valence-corrected chi connectivity index (χ0v) is 16.2. The molecule has 1 unspecified atom stereocenters. The van der Waals surface area contributed by atoms with Crippen LogP contribution in [0.1, 0.15) is 29.2 Å². The van der Waals surface area contributed by atoms with Gasteiger partial charge in [0.25, 0.3) is 0 Å². The Labute approximate surface area is 166 Å². The molecule has 2 N–H and O–H groups in total. The lowest BCUT2D eigenvalue weighted by atomic mass is 9.84. The Balaban J connectivity index is 2.19. The maximum Gasteiger partial charge on any atom is 0.409 e. The molecule has 1 amide bonds. The summed E-state index contributed by atoms with van der Waals surface area (Å²) in [5.41, 5.74) is 5.94. The van der Waals surface area contributed by atoms with Gasteiger partial charge < -0.3 is 5.11 Å². The molecular formula is C25H25NO2. The Morgan fingerprint density at radius 2 is 1.46 bits per heavy atom. The number of amides is 1. The van der Waals surface area contributed by atoms with Crippen molar-refractivity contribution in [2.24, 2.45) is 5.92 Å². The van der Waals surface area contributed by atoms with Gasteiger partial charge in [0.15, 0.2) is 0 Å². The van der Waals surface area contributed by atoms with Crippen molar-refractivity contribution in [3.05, 3.63) is 107 Å². The number of carbonyl (C=O) groups is 1. The minimum Gasteiger partial charge on any atom is -0.465 e. The summed E-state index contributed by atoms with van der Waals surface area (Å²) in [6.45, 7) is 4.22. The van der Waals surface area contributed by atoms with Crippen LogP contribution in [0.2, 0.25) is 0 Å². The van der Waals surface area contributed by atoms with E-state index in [1.807, 2.05) is 60.7 Å². The molecule has 0 spiro atoms. The summed E-state index contributed by atoms with van der Waals surface area (Å²) < 4.78 is 0. The van der Waals surface area contributed by atoms with Crippen molar-refractivity contribution in [2.45, 2.75) is 20.3 Å². The van der Waals surface area contributed by atoms with Crippen LogP contribution >= 0.6 is 0 Å². The summed E-state index contributed by atoms with van der Waals surface area (Å²) in [6.07, 6.45) is -0.237. The lowest BCUT2D eigenvalue weighted by Gasteiger charge is -2.23. The molecule has 0 fully saturated rings. The Kier molecular flexibility index (Phi) is 6.28. The number of benzene rings is 3. The van der Waals surface area contributed by atoms with E-state index >= 15 is 0 Å². The van der Waals surface area contributed by atoms with Crippen LogP contribution < -0.4 is 5.32 Å². The summed E-state index contributed by atoms with van der Waals surface area (Å²) in [7, 11) is 0. The lowest BCUT2D eigenvalue weighted by molar-refractivity contribution is 0.199. The smallest absolute Gasteiger partial charge is 0.409 e. The molecule has 0 saturated carbocycles. The van der Waals surface area contributed by atoms with Crippen molar-refractivity contribution >= 4 is 17.4 Å². The Morgan fingerprint density at radius 1 is 0.893 bits per heavy atom. The molecule has 0 aromatic heterocycles. The van der Waals surface area contributed by atoms with Crippen molar-refractivity contribution in [1.29, 1.82) is 0 Å². The second kappa shape index (κ2) is 9.05. The second-order valence-corrected chi connectivity index (χ2v) is 6.99. The first-order valence-corrected chi connectivity index (χ1v) is 9.45. The molecule has 3 rings (SSSR count). The van der Waals surface area contributed by atoms with E-state index in [9.17, 15) is 9.90 Å². The number of rotatable bonds is 6. The fraction of sp³-hybridized carbons (Fsp3) is 0.160. The molecule has 0 bridgehead atoms. The highest BCUT2D eigenvalue weighted by Crippen LogP contribution is 2.34. The van der Waals surface area contributed by atoms with Crippen LogP contribution in [-0.2, 0) is 6.42 Å². The summed E-state index contributed by atoms with van der Waals surface area (Å²) in [5.74, 6) is 0.116. The first-order valence-electron chi connectivity index (χ1n) is 9.45. The molecule has 3 aromatic rings. The predicted octanol–water partition coefficient (Wildman–Crippen LogP) is 6.01. The number of aryl methyl sites for hydroxylation is 1. The van der Waals surface area contributed by atoms with Crippen LogP contribution in [0.5, 0.6) is 0 Å². The highest BCUT2D eigenvalue weighted by molar-refractivity contribution is 5.96. The largest absolute Gasteiger partial charge is 0.465 e. The van der Waals surface area contributed by atoms with Crippen LogP contribution in [0.3, 0.4) is 0 Å². The molecule has 142 valence electrons. The molecule has 0 aliphatic heterocycles. The maximum absolute atomic E-state index is 11.6. The van der Waals surface area contributed by atoms with Crippen molar-refractivity contribution in [3.63, 3.8) is 0 Å². The minimum atomic E-state index is -1.06. The van der Waals surface area contributed by atoms with Crippen molar-refractivity contribution < 1.29 is 9.90 Å². The molecule has 0 heterocycles. The van der Waals surface area contributed by atoms with Crippen molar-refractivity contribution in [2.75, 3.05) is 0 Å². The summed E-state index contributed by atoms with van der Waals surface area (Å²) in [6, 6.07) is 28.1. The zero-order valence-electron chi connectivity index (χ0n) is 16.2. The highest BCUT2D eigenvalue weighted by Gasteiger charge is 2.21. The summed E-state index contributed by atoms with van der Waals surface area (Å²) in [5, 5.41) is 12.2. The van der Waals surface area contributed by atoms with Gasteiger partial charge in [0.1, 0.15) is 0 Å². The molecule has 0 aliphatic carbocycles. The van der Waals surface area contributed by atoms with Gasteiger partial charge in [0, 0.05) is 0 Å². The van der Waals surface area contributed by atoms with Crippen molar-refractivity contribution in [1.82, 2.24) is 5.32 Å². The van der Waals surface area contributed by atoms with Gasteiger partial charge in [-0.2, -0.15) is 0 Å². The van der Waals surface area contributed by atoms with Gasteiger partial charge in [0.2, 0.25) is 0 Å². The fourth-order valence-electron chi connectivity index (χ4n) is 3.60. The SMILES string of the molecule is Cc1ccccc1/C(=C(/NC(=O)O)c1ccccc1)C(C)Cc1ccccc1. The van der Waals surface area contributed by atoms with E-state index in [-0.39, 0.29) is 5.92 Å². The molecule has 1 atom stereocenters. The maximum atomic E-state index is 11.6. The van der Waals surface area contributed by atoms with Crippen LogP contribution in [0, 0.1) is 12.8 Å². The topological polar surface area (TPSA) is 49.3 Å². The van der Waals surface area contributed by atoms with Gasteiger partial charge in [0.05, 0.1) is 5.70 Å². The third kappa shape index (κ3) is 4.68. The average Bonchev–Trinajstić information content (AvgIpc) is 2.70. The van der Waals surface area contributed by atoms with Gasteiger partial charge >= 0.3 is 6.09 Å². The molecule has 0 saturated heterocycles. The van der Waals surface area contributed by atoms with Crippen LogP contribution in [0.4, 0.5) is 4.79 Å². The van der Waals surface area contributed by atoms with E-state index < -0.39 is 6.09 Å². The third-order valence-electron chi connectivity index (χ3n) is 4.88. The van der Waals surface area contributed by atoms with Crippen molar-refractivity contribution in [3.8, 4) is 0 Å². The van der Waals surface area contributed by atoms with Gasteiger partial charge in [-0.1, -0.05) is 91.9 Å². The van der Waals surface area contributed by atoms with Crippen LogP contribution in [0.15, 0.2) is 84.9 Å². The van der Waals surface area contributed by atoms with Gasteiger partial charge in [-0.3, -0.25) is 5.32 Å². The Bertz CT molecular complexity index is 962. The number of nitrogens with one attached hydrogen (secondary N) is 1. The minimum absolute atomic E-state index is 0.116. The van der Waals surface area contributed by atoms with Crippen LogP contribution in [-0.4, -0.2) is 11.2 Å². The highest BCUT2D eigenvalue weighted by atomic mass is 16.4. The Morgan fingerprint density at radius 3 is 2.07 bits per heavy atom. The molecule has 0 aliphatic rings. The lowest BCUT2D eigenvalue weighted by Crippen LogP contribution is -2.22.